The van der Waals surface area contributed by atoms with Crippen molar-refractivity contribution in [2.45, 2.75) is 6.92 Å². The maximum atomic E-state index is 12.3. The Morgan fingerprint density at radius 3 is 2.57 bits per heavy atom. The maximum absolute atomic E-state index is 12.3. The van der Waals surface area contributed by atoms with Crippen molar-refractivity contribution in [1.82, 2.24) is 0 Å². The van der Waals surface area contributed by atoms with Gasteiger partial charge in [-0.05, 0) is 24.6 Å². The Morgan fingerprint density at radius 1 is 0.952 bits per heavy atom. The Bertz CT molecular complexity index is 849. The summed E-state index contributed by atoms with van der Waals surface area (Å²) in [6.45, 7) is 1.99. The van der Waals surface area contributed by atoms with E-state index >= 15 is 0 Å². The van der Waals surface area contributed by atoms with Gasteiger partial charge in [-0.1, -0.05) is 30.3 Å². The fraction of sp³-hybridized carbons (Fsp3) is 0.0588. The van der Waals surface area contributed by atoms with Crippen molar-refractivity contribution in [3.05, 3.63) is 64.9 Å². The summed E-state index contributed by atoms with van der Waals surface area (Å²) < 4.78 is 0. The van der Waals surface area contributed by atoms with E-state index in [2.05, 4.69) is 10.6 Å². The van der Waals surface area contributed by atoms with Gasteiger partial charge in [-0.15, -0.1) is 0 Å². The predicted molar refractivity (Wildman–Crippen MR) is 83.6 cm³/mol. The third-order valence-electron chi connectivity index (χ3n) is 3.88. The van der Waals surface area contributed by atoms with Gasteiger partial charge >= 0.3 is 0 Å². The van der Waals surface area contributed by atoms with Gasteiger partial charge in [-0.25, -0.2) is 0 Å². The van der Waals surface area contributed by atoms with E-state index in [1.807, 2.05) is 49.4 Å². The molecule has 21 heavy (non-hydrogen) atoms. The molecule has 2 heterocycles. The van der Waals surface area contributed by atoms with Crippen molar-refractivity contribution in [1.29, 1.82) is 5.41 Å². The van der Waals surface area contributed by atoms with Crippen molar-refractivity contribution in [3.8, 4) is 0 Å². The van der Waals surface area contributed by atoms with Crippen molar-refractivity contribution in [2.24, 2.45) is 0 Å². The molecule has 1 amide bonds. The maximum Gasteiger partial charge on any atom is 0.258 e. The monoisotopic (exact) mass is 275 g/mol. The average Bonchev–Trinajstić information content (AvgIpc) is 2.95. The quantitative estimate of drug-likeness (QED) is 0.647. The number of anilines is 2. The Labute approximate surface area is 122 Å². The van der Waals surface area contributed by atoms with E-state index in [0.29, 0.717) is 17.0 Å². The molecular formula is C17H13N3O. The molecule has 4 rings (SSSR count). The van der Waals surface area contributed by atoms with Gasteiger partial charge in [0, 0.05) is 22.5 Å². The van der Waals surface area contributed by atoms with Gasteiger partial charge < -0.3 is 10.6 Å². The summed E-state index contributed by atoms with van der Waals surface area (Å²) in [4.78, 5) is 12.3. The second kappa shape index (κ2) is 4.06. The number of hydrogen-bond acceptors (Lipinski definition) is 3. The summed E-state index contributed by atoms with van der Waals surface area (Å²) in [5.41, 5.74) is 5.95. The van der Waals surface area contributed by atoms with Crippen LogP contribution in [-0.2, 0) is 4.79 Å². The van der Waals surface area contributed by atoms with Crippen molar-refractivity contribution >= 4 is 28.6 Å². The Balaban J connectivity index is 1.92. The number of amides is 1. The van der Waals surface area contributed by atoms with Gasteiger partial charge in [0.2, 0.25) is 0 Å². The van der Waals surface area contributed by atoms with Gasteiger partial charge in [0.1, 0.15) is 0 Å². The number of carbonyl (C=O) groups excluding carboxylic acids is 1. The van der Waals surface area contributed by atoms with Crippen LogP contribution in [0.2, 0.25) is 0 Å². The van der Waals surface area contributed by atoms with E-state index in [9.17, 15) is 4.79 Å². The molecule has 102 valence electrons. The molecule has 0 saturated heterocycles. The summed E-state index contributed by atoms with van der Waals surface area (Å²) in [5, 5.41) is 14.4. The number of aryl methyl sites for hydroxylation is 1. The second-order valence-corrected chi connectivity index (χ2v) is 5.30. The van der Waals surface area contributed by atoms with Gasteiger partial charge in [0.15, 0.2) is 0 Å². The van der Waals surface area contributed by atoms with Gasteiger partial charge in [-0.2, -0.15) is 0 Å². The summed E-state index contributed by atoms with van der Waals surface area (Å²) >= 11 is 0. The number of rotatable bonds is 0. The zero-order chi connectivity index (χ0) is 14.6. The molecule has 0 atom stereocenters. The second-order valence-electron chi connectivity index (χ2n) is 5.30. The first-order chi connectivity index (χ1) is 10.1. The minimum Gasteiger partial charge on any atom is -0.353 e. The molecule has 0 aliphatic carbocycles. The molecule has 4 nitrogen and oxygen atoms in total. The number of benzene rings is 2. The molecule has 2 aliphatic heterocycles. The standard InChI is InChI=1S/C17H13N3O/c1-9-6-7-10-13(8-9)20-17(21)14(10)16-15(18)11-4-2-3-5-12(11)19-16/h2-8,18-19H,1H3,(H,20,21)/b16-14-,18-15?. The largest absolute Gasteiger partial charge is 0.353 e. The van der Waals surface area contributed by atoms with Crippen molar-refractivity contribution < 1.29 is 4.79 Å². The summed E-state index contributed by atoms with van der Waals surface area (Å²) in [6.07, 6.45) is 0. The minimum absolute atomic E-state index is 0.157. The van der Waals surface area contributed by atoms with E-state index in [-0.39, 0.29) is 5.91 Å². The highest BCUT2D eigenvalue weighted by Gasteiger charge is 2.32. The Hall–Kier alpha value is -2.88. The molecule has 2 aromatic rings. The molecule has 2 aromatic carbocycles. The summed E-state index contributed by atoms with van der Waals surface area (Å²) in [5.74, 6) is -0.157. The Morgan fingerprint density at radius 2 is 1.76 bits per heavy atom. The molecule has 0 spiro atoms. The number of para-hydroxylation sites is 1. The highest BCUT2D eigenvalue weighted by Crippen LogP contribution is 2.38. The lowest BCUT2D eigenvalue weighted by Crippen LogP contribution is -2.11. The molecule has 0 unspecified atom stereocenters. The molecule has 2 aliphatic rings. The third kappa shape index (κ3) is 1.62. The summed E-state index contributed by atoms with van der Waals surface area (Å²) in [6, 6.07) is 13.5. The molecule has 4 heteroatoms. The number of nitrogens with one attached hydrogen (secondary N) is 3. The summed E-state index contributed by atoms with van der Waals surface area (Å²) in [7, 11) is 0. The highest BCUT2D eigenvalue weighted by atomic mass is 16.2. The smallest absolute Gasteiger partial charge is 0.258 e. The van der Waals surface area contributed by atoms with E-state index in [0.717, 1.165) is 28.1 Å². The van der Waals surface area contributed by atoms with Crippen LogP contribution in [-0.4, -0.2) is 11.6 Å². The van der Waals surface area contributed by atoms with Crippen LogP contribution in [0.4, 0.5) is 11.4 Å². The van der Waals surface area contributed by atoms with Crippen LogP contribution in [0.5, 0.6) is 0 Å². The highest BCUT2D eigenvalue weighted by molar-refractivity contribution is 6.39. The van der Waals surface area contributed by atoms with Crippen LogP contribution in [0.15, 0.2) is 48.2 Å². The fourth-order valence-electron chi connectivity index (χ4n) is 2.86. The molecule has 0 fully saturated rings. The molecule has 0 radical (unpaired) electrons. The SMILES string of the molecule is Cc1ccc2c(c1)NC(=O)/C2=C1\Nc2ccccc2C1=N. The number of allylic oxidation sites excluding steroid dienone is 1. The number of hydrogen-bond donors (Lipinski definition) is 3. The van der Waals surface area contributed by atoms with Gasteiger partial charge in [0.25, 0.3) is 5.91 Å². The number of carbonyl (C=O) groups is 1. The molecule has 3 N–H and O–H groups in total. The molecular weight excluding hydrogens is 262 g/mol. The minimum atomic E-state index is -0.157. The van der Waals surface area contributed by atoms with Crippen LogP contribution < -0.4 is 10.6 Å². The van der Waals surface area contributed by atoms with Crippen molar-refractivity contribution in [2.75, 3.05) is 10.6 Å². The zero-order valence-electron chi connectivity index (χ0n) is 11.4. The zero-order valence-corrected chi connectivity index (χ0v) is 11.4. The van der Waals surface area contributed by atoms with Crippen LogP contribution in [0.25, 0.3) is 5.57 Å². The van der Waals surface area contributed by atoms with E-state index < -0.39 is 0 Å². The lowest BCUT2D eigenvalue weighted by atomic mass is 10.0. The number of fused-ring (bicyclic) bond motifs is 2. The van der Waals surface area contributed by atoms with E-state index in [1.165, 1.54) is 0 Å². The first kappa shape index (κ1) is 11.9. The van der Waals surface area contributed by atoms with Gasteiger partial charge in [-0.3, -0.25) is 10.2 Å². The molecule has 0 saturated carbocycles. The van der Waals surface area contributed by atoms with E-state index in [4.69, 9.17) is 5.41 Å². The normalized spacial score (nSPS) is 19.1. The first-order valence-electron chi connectivity index (χ1n) is 6.77. The van der Waals surface area contributed by atoms with E-state index in [1.54, 1.807) is 0 Å². The van der Waals surface area contributed by atoms with Gasteiger partial charge in [0.05, 0.1) is 17.0 Å². The van der Waals surface area contributed by atoms with Crippen LogP contribution in [0.3, 0.4) is 0 Å². The Kier molecular flexibility index (Phi) is 2.30. The van der Waals surface area contributed by atoms with Crippen LogP contribution in [0, 0.1) is 12.3 Å². The van der Waals surface area contributed by atoms with Crippen LogP contribution >= 0.6 is 0 Å². The topological polar surface area (TPSA) is 65.0 Å². The first-order valence-corrected chi connectivity index (χ1v) is 6.77. The lowest BCUT2D eigenvalue weighted by molar-refractivity contribution is -0.110. The molecule has 0 aromatic heterocycles. The third-order valence-corrected chi connectivity index (χ3v) is 3.88. The van der Waals surface area contributed by atoms with Crippen LogP contribution in [0.1, 0.15) is 16.7 Å². The van der Waals surface area contributed by atoms with Crippen molar-refractivity contribution in [3.63, 3.8) is 0 Å². The fourth-order valence-corrected chi connectivity index (χ4v) is 2.86. The molecule has 0 bridgehead atoms. The predicted octanol–water partition coefficient (Wildman–Crippen LogP) is 3.15. The average molecular weight is 275 g/mol. The lowest BCUT2D eigenvalue weighted by Gasteiger charge is -2.05.